The number of aromatic nitrogens is 1. The fourth-order valence-corrected chi connectivity index (χ4v) is 5.87. The molecule has 15 heavy (non-hydrogen) atoms. The Labute approximate surface area is 90.6 Å². The van der Waals surface area contributed by atoms with Gasteiger partial charge in [-0.05, 0) is 0 Å². The van der Waals surface area contributed by atoms with Gasteiger partial charge in [0.2, 0.25) is 0 Å². The van der Waals surface area contributed by atoms with Gasteiger partial charge in [-0.3, -0.25) is 0 Å². The van der Waals surface area contributed by atoms with E-state index in [1.165, 1.54) is 6.07 Å². The molecule has 0 amide bonds. The van der Waals surface area contributed by atoms with Gasteiger partial charge >= 0.3 is 90.5 Å². The van der Waals surface area contributed by atoms with Gasteiger partial charge in [0.05, 0.1) is 0 Å². The molecule has 1 rings (SSSR count). The normalized spacial score (nSPS) is 12.9. The predicted molar refractivity (Wildman–Crippen MR) is 56.6 cm³/mol. The van der Waals surface area contributed by atoms with Crippen LogP contribution >= 0.6 is 0 Å². The van der Waals surface area contributed by atoms with E-state index >= 15 is 0 Å². The molecule has 0 aliphatic rings. The molecule has 0 aromatic carbocycles. The zero-order valence-corrected chi connectivity index (χ0v) is 11.7. The molecule has 1 aromatic rings. The van der Waals surface area contributed by atoms with Gasteiger partial charge in [-0.1, -0.05) is 0 Å². The second kappa shape index (κ2) is 3.84. The monoisotopic (exact) mass is 326 g/mol. The first kappa shape index (κ1) is 12.6. The van der Waals surface area contributed by atoms with Crippen molar-refractivity contribution in [2.24, 2.45) is 0 Å². The minimum atomic E-state index is -4.33. The van der Waals surface area contributed by atoms with Crippen molar-refractivity contribution < 1.29 is 13.2 Å². The molecule has 1 heterocycles. The molecular weight excluding hydrogens is 312 g/mol. The Morgan fingerprint density at radius 1 is 1.27 bits per heavy atom. The molecule has 1 aromatic heterocycles. The summed E-state index contributed by atoms with van der Waals surface area (Å²) in [4.78, 5) is 9.26. The number of halogens is 3. The van der Waals surface area contributed by atoms with Crippen molar-refractivity contribution in [2.75, 3.05) is 5.73 Å². The first-order valence-corrected chi connectivity index (χ1v) is 14.4. The van der Waals surface area contributed by atoms with Gasteiger partial charge in [-0.2, -0.15) is 0 Å². The van der Waals surface area contributed by atoms with Crippen molar-refractivity contribution in [2.45, 2.75) is 21.0 Å². The number of anilines is 1. The molecule has 0 aliphatic carbocycles. The van der Waals surface area contributed by atoms with Crippen LogP contribution in [0.4, 0.5) is 19.0 Å². The number of nitrogen functional groups attached to an aromatic ring is 1. The van der Waals surface area contributed by atoms with Crippen LogP contribution in [0.1, 0.15) is 5.56 Å². The van der Waals surface area contributed by atoms with Crippen LogP contribution in [0, 0.1) is 0 Å². The molecule has 0 unspecified atom stereocenters. The first-order chi connectivity index (χ1) is 6.62. The van der Waals surface area contributed by atoms with Crippen LogP contribution in [0.3, 0.4) is 0 Å². The Morgan fingerprint density at radius 2 is 1.80 bits per heavy atom. The maximum atomic E-state index is 12.7. The van der Waals surface area contributed by atoms with Gasteiger partial charge in [0.25, 0.3) is 0 Å². The predicted octanol–water partition coefficient (Wildman–Crippen LogP) is 2.23. The second-order valence-electron chi connectivity index (χ2n) is 4.40. The van der Waals surface area contributed by atoms with Crippen LogP contribution in [0.2, 0.25) is 14.8 Å². The molecule has 0 fully saturated rings. The van der Waals surface area contributed by atoms with Gasteiger partial charge in [0, 0.05) is 0 Å². The van der Waals surface area contributed by atoms with Crippen molar-refractivity contribution in [3.8, 4) is 0 Å². The molecule has 84 valence electrons. The zero-order valence-electron chi connectivity index (χ0n) is 8.81. The minimum absolute atomic E-state index is 0.157. The Balaban J connectivity index is 3.41. The summed E-state index contributed by atoms with van der Waals surface area (Å²) in [7, 11) is 0. The molecule has 0 atom stereocenters. The van der Waals surface area contributed by atoms with Crippen molar-refractivity contribution in [3.05, 3.63) is 17.8 Å². The van der Waals surface area contributed by atoms with Gasteiger partial charge in [0.1, 0.15) is 0 Å². The quantitative estimate of drug-likeness (QED) is 0.805. The molecular formula is C9H13F3N2Sn. The van der Waals surface area contributed by atoms with E-state index in [0.29, 0.717) is 3.58 Å². The third-order valence-corrected chi connectivity index (χ3v) is 7.83. The molecule has 2 nitrogen and oxygen atoms in total. The third-order valence-electron chi connectivity index (χ3n) is 2.04. The van der Waals surface area contributed by atoms with E-state index in [1.54, 1.807) is 0 Å². The summed E-state index contributed by atoms with van der Waals surface area (Å²) < 4.78 is 38.4. The molecule has 0 spiro atoms. The second-order valence-corrected chi connectivity index (χ2v) is 18.8. The summed E-state index contributed by atoms with van der Waals surface area (Å²) in [6, 6.07) is 1.37. The van der Waals surface area contributed by atoms with Crippen LogP contribution in [0.15, 0.2) is 12.3 Å². The number of rotatable bonds is 1. The Hall–Kier alpha value is -0.461. The van der Waals surface area contributed by atoms with Gasteiger partial charge in [0.15, 0.2) is 0 Å². The van der Waals surface area contributed by atoms with E-state index in [4.69, 9.17) is 5.73 Å². The van der Waals surface area contributed by atoms with E-state index in [1.807, 2.05) is 14.8 Å². The fourth-order valence-electron chi connectivity index (χ4n) is 1.32. The van der Waals surface area contributed by atoms with Crippen LogP contribution in [-0.4, -0.2) is 23.4 Å². The molecule has 0 bridgehead atoms. The maximum absolute atomic E-state index is 12.7. The number of nitrogens with two attached hydrogens (primary N) is 1. The van der Waals surface area contributed by atoms with Crippen molar-refractivity contribution in [1.29, 1.82) is 0 Å². The number of pyridine rings is 1. The molecule has 0 saturated heterocycles. The van der Waals surface area contributed by atoms with Gasteiger partial charge in [-0.25, -0.2) is 0 Å². The molecule has 0 radical (unpaired) electrons. The van der Waals surface area contributed by atoms with Crippen LogP contribution < -0.4 is 9.31 Å². The van der Waals surface area contributed by atoms with E-state index in [2.05, 4.69) is 4.98 Å². The zero-order chi connectivity index (χ0) is 11.9. The summed E-state index contributed by atoms with van der Waals surface area (Å²) >= 11 is -2.80. The average molecular weight is 325 g/mol. The number of alkyl halides is 3. The standard InChI is InChI=1S/C6H4F3N2.3CH3.Sn/c7-6(8,9)4-1-2-5(10)11-3-4;;;;/h2-3H,(H2,10,11);3*1H3;. The molecule has 0 aliphatic heterocycles. The molecule has 6 heteroatoms. The van der Waals surface area contributed by atoms with E-state index in [9.17, 15) is 13.2 Å². The Bertz CT molecular complexity index is 369. The van der Waals surface area contributed by atoms with E-state index < -0.39 is 30.1 Å². The Kier molecular flexibility index (Phi) is 3.23. The summed E-state index contributed by atoms with van der Waals surface area (Å²) in [5, 5.41) is 0. The molecule has 0 saturated carbocycles. The third kappa shape index (κ3) is 2.99. The summed E-state index contributed by atoms with van der Waals surface area (Å²) in [6.45, 7) is 0. The summed E-state index contributed by atoms with van der Waals surface area (Å²) in [5.41, 5.74) is 4.80. The Morgan fingerprint density at radius 3 is 2.20 bits per heavy atom. The van der Waals surface area contributed by atoms with Crippen LogP contribution in [0.25, 0.3) is 0 Å². The number of hydrogen-bond acceptors (Lipinski definition) is 2. The molecule has 2 N–H and O–H groups in total. The summed E-state index contributed by atoms with van der Waals surface area (Å²) in [6.07, 6.45) is -3.49. The van der Waals surface area contributed by atoms with Crippen LogP contribution in [0.5, 0.6) is 0 Å². The van der Waals surface area contributed by atoms with Crippen molar-refractivity contribution >= 4 is 27.8 Å². The van der Waals surface area contributed by atoms with E-state index in [0.717, 1.165) is 6.20 Å². The topological polar surface area (TPSA) is 38.9 Å². The first-order valence-electron chi connectivity index (χ1n) is 4.45. The van der Waals surface area contributed by atoms with E-state index in [-0.39, 0.29) is 5.82 Å². The fraction of sp³-hybridized carbons (Fsp3) is 0.444. The van der Waals surface area contributed by atoms with Crippen molar-refractivity contribution in [3.63, 3.8) is 0 Å². The number of hydrogen-bond donors (Lipinski definition) is 1. The average Bonchev–Trinajstić information content (AvgIpc) is 2.00. The van der Waals surface area contributed by atoms with Gasteiger partial charge < -0.3 is 0 Å². The van der Waals surface area contributed by atoms with Crippen molar-refractivity contribution in [1.82, 2.24) is 4.98 Å². The van der Waals surface area contributed by atoms with Gasteiger partial charge in [-0.15, -0.1) is 0 Å². The summed E-state index contributed by atoms with van der Waals surface area (Å²) in [5.74, 6) is 0.157. The van der Waals surface area contributed by atoms with Crippen LogP contribution in [-0.2, 0) is 6.18 Å². The number of nitrogens with zero attached hydrogens (tertiary/aromatic N) is 1. The SMILES string of the molecule is [CH3][Sn]([CH3])([CH3])[c]1cc(N)ncc1C(F)(F)F.